The van der Waals surface area contributed by atoms with Crippen LogP contribution in [-0.2, 0) is 10.8 Å². The molecule has 1 aliphatic heterocycles. The van der Waals surface area contributed by atoms with E-state index in [4.69, 9.17) is 5.73 Å². The Balaban J connectivity index is 2.16. The highest BCUT2D eigenvalue weighted by Gasteiger charge is 2.16. The molecule has 0 bridgehead atoms. The van der Waals surface area contributed by atoms with Gasteiger partial charge >= 0.3 is 0 Å². The molecule has 4 heteroatoms. The van der Waals surface area contributed by atoms with Gasteiger partial charge in [-0.15, -0.1) is 0 Å². The lowest BCUT2D eigenvalue weighted by atomic mass is 10.1. The lowest BCUT2D eigenvalue weighted by Gasteiger charge is -2.30. The summed E-state index contributed by atoms with van der Waals surface area (Å²) >= 11 is 0. The van der Waals surface area contributed by atoms with Crippen molar-refractivity contribution >= 4 is 10.8 Å². The SMILES string of the molecule is CC(CCN1CCC(N)CC1)S(C)=O. The van der Waals surface area contributed by atoms with Crippen LogP contribution in [0.15, 0.2) is 0 Å². The van der Waals surface area contributed by atoms with E-state index in [1.807, 2.05) is 0 Å². The maximum atomic E-state index is 11.1. The van der Waals surface area contributed by atoms with Crippen LogP contribution in [0.25, 0.3) is 0 Å². The van der Waals surface area contributed by atoms with Gasteiger partial charge in [-0.3, -0.25) is 4.21 Å². The number of piperidine rings is 1. The Morgan fingerprint density at radius 2 is 2.07 bits per heavy atom. The average molecular weight is 218 g/mol. The highest BCUT2D eigenvalue weighted by molar-refractivity contribution is 7.84. The standard InChI is InChI=1S/C10H22N2OS/c1-9(14(2)13)3-6-12-7-4-10(11)5-8-12/h9-10H,3-8,11H2,1-2H3. The van der Waals surface area contributed by atoms with E-state index in [0.29, 0.717) is 11.3 Å². The molecule has 0 saturated carbocycles. The van der Waals surface area contributed by atoms with Crippen LogP contribution >= 0.6 is 0 Å². The molecule has 0 spiro atoms. The van der Waals surface area contributed by atoms with Gasteiger partial charge in [-0.25, -0.2) is 0 Å². The summed E-state index contributed by atoms with van der Waals surface area (Å²) in [5.74, 6) is 0. The molecular weight excluding hydrogens is 196 g/mol. The predicted molar refractivity (Wildman–Crippen MR) is 61.8 cm³/mol. The summed E-state index contributed by atoms with van der Waals surface area (Å²) < 4.78 is 11.1. The molecule has 2 N–H and O–H groups in total. The molecular formula is C10H22N2OS. The van der Waals surface area contributed by atoms with Gasteiger partial charge in [0, 0.05) is 28.3 Å². The number of hydrogen-bond donors (Lipinski definition) is 1. The number of nitrogens with zero attached hydrogens (tertiary/aromatic N) is 1. The van der Waals surface area contributed by atoms with Crippen molar-refractivity contribution in [1.29, 1.82) is 0 Å². The van der Waals surface area contributed by atoms with Crippen molar-refractivity contribution in [2.45, 2.75) is 37.5 Å². The number of rotatable bonds is 4. The van der Waals surface area contributed by atoms with E-state index < -0.39 is 10.8 Å². The number of likely N-dealkylation sites (tertiary alicyclic amines) is 1. The zero-order valence-electron chi connectivity index (χ0n) is 9.24. The molecule has 0 radical (unpaired) electrons. The van der Waals surface area contributed by atoms with Crippen LogP contribution in [0.3, 0.4) is 0 Å². The summed E-state index contributed by atoms with van der Waals surface area (Å²) in [6, 6.07) is 0.406. The molecule has 0 aromatic rings. The molecule has 14 heavy (non-hydrogen) atoms. The minimum absolute atomic E-state index is 0.325. The fraction of sp³-hybridized carbons (Fsp3) is 1.00. The second-order valence-corrected chi connectivity index (χ2v) is 6.08. The van der Waals surface area contributed by atoms with Gasteiger partial charge in [0.2, 0.25) is 0 Å². The van der Waals surface area contributed by atoms with Gasteiger partial charge < -0.3 is 10.6 Å². The first-order chi connectivity index (χ1) is 6.59. The first-order valence-corrected chi connectivity index (χ1v) is 7.02. The first-order valence-electron chi connectivity index (χ1n) is 5.39. The predicted octanol–water partition coefficient (Wildman–Crippen LogP) is 0.567. The molecule has 1 rings (SSSR count). The van der Waals surface area contributed by atoms with Crippen molar-refractivity contribution in [3.05, 3.63) is 0 Å². The maximum Gasteiger partial charge on any atom is 0.0329 e. The molecule has 1 fully saturated rings. The summed E-state index contributed by atoms with van der Waals surface area (Å²) in [7, 11) is -0.673. The van der Waals surface area contributed by atoms with Gasteiger partial charge in [-0.05, 0) is 38.9 Å². The van der Waals surface area contributed by atoms with E-state index in [-0.39, 0.29) is 0 Å². The summed E-state index contributed by atoms with van der Waals surface area (Å²) in [6.07, 6.45) is 5.06. The zero-order chi connectivity index (χ0) is 10.6. The molecule has 1 saturated heterocycles. The Bertz CT molecular complexity index is 191. The second-order valence-electron chi connectivity index (χ2n) is 4.28. The third-order valence-electron chi connectivity index (χ3n) is 3.05. The summed E-state index contributed by atoms with van der Waals surface area (Å²) in [6.45, 7) is 5.37. The largest absolute Gasteiger partial charge is 0.328 e. The van der Waals surface area contributed by atoms with Crippen LogP contribution in [0.1, 0.15) is 26.2 Å². The van der Waals surface area contributed by atoms with E-state index in [1.165, 1.54) is 0 Å². The highest BCUT2D eigenvalue weighted by Crippen LogP contribution is 2.10. The monoisotopic (exact) mass is 218 g/mol. The fourth-order valence-corrected chi connectivity index (χ4v) is 2.14. The van der Waals surface area contributed by atoms with Gasteiger partial charge in [0.15, 0.2) is 0 Å². The van der Waals surface area contributed by atoms with Gasteiger partial charge in [0.25, 0.3) is 0 Å². The molecule has 0 aromatic heterocycles. The minimum Gasteiger partial charge on any atom is -0.328 e. The van der Waals surface area contributed by atoms with Crippen LogP contribution in [0.5, 0.6) is 0 Å². The molecule has 1 aliphatic rings. The van der Waals surface area contributed by atoms with Crippen LogP contribution in [0.4, 0.5) is 0 Å². The molecule has 84 valence electrons. The Hall–Kier alpha value is 0.0700. The van der Waals surface area contributed by atoms with E-state index in [9.17, 15) is 4.21 Å². The molecule has 2 unspecified atom stereocenters. The smallest absolute Gasteiger partial charge is 0.0329 e. The van der Waals surface area contributed by atoms with Crippen molar-refractivity contribution in [3.8, 4) is 0 Å². The Morgan fingerprint density at radius 1 is 1.50 bits per heavy atom. The topological polar surface area (TPSA) is 46.3 Å². The zero-order valence-corrected chi connectivity index (χ0v) is 10.1. The summed E-state index contributed by atoms with van der Waals surface area (Å²) in [5.41, 5.74) is 5.83. The lowest BCUT2D eigenvalue weighted by Crippen LogP contribution is -2.40. The Morgan fingerprint density at radius 3 is 2.57 bits per heavy atom. The molecule has 3 nitrogen and oxygen atoms in total. The van der Waals surface area contributed by atoms with Crippen LogP contribution in [0, 0.1) is 0 Å². The molecule has 0 amide bonds. The molecule has 0 aromatic carbocycles. The van der Waals surface area contributed by atoms with Crippen LogP contribution in [0.2, 0.25) is 0 Å². The highest BCUT2D eigenvalue weighted by atomic mass is 32.2. The fourth-order valence-electron chi connectivity index (χ4n) is 1.71. The van der Waals surface area contributed by atoms with E-state index in [1.54, 1.807) is 6.26 Å². The van der Waals surface area contributed by atoms with Gasteiger partial charge in [0.05, 0.1) is 0 Å². The molecule has 2 atom stereocenters. The van der Waals surface area contributed by atoms with E-state index >= 15 is 0 Å². The van der Waals surface area contributed by atoms with Crippen molar-refractivity contribution in [2.24, 2.45) is 5.73 Å². The van der Waals surface area contributed by atoms with Gasteiger partial charge in [-0.1, -0.05) is 6.92 Å². The van der Waals surface area contributed by atoms with Crippen molar-refractivity contribution in [3.63, 3.8) is 0 Å². The first kappa shape index (κ1) is 12.1. The normalized spacial score (nSPS) is 24.8. The summed E-state index contributed by atoms with van der Waals surface area (Å²) in [5, 5.41) is 0.325. The third kappa shape index (κ3) is 4.07. The average Bonchev–Trinajstić information content (AvgIpc) is 2.16. The number of nitrogens with two attached hydrogens (primary N) is 1. The van der Waals surface area contributed by atoms with E-state index in [2.05, 4.69) is 11.8 Å². The minimum atomic E-state index is -0.673. The Kier molecular flexibility index (Phi) is 5.06. The molecule has 1 heterocycles. The van der Waals surface area contributed by atoms with Crippen LogP contribution < -0.4 is 5.73 Å². The number of hydrogen-bond acceptors (Lipinski definition) is 3. The van der Waals surface area contributed by atoms with Gasteiger partial charge in [0.1, 0.15) is 0 Å². The second kappa shape index (κ2) is 5.83. The summed E-state index contributed by atoms with van der Waals surface area (Å²) in [4.78, 5) is 2.44. The lowest BCUT2D eigenvalue weighted by molar-refractivity contribution is 0.211. The third-order valence-corrected chi connectivity index (χ3v) is 4.42. The van der Waals surface area contributed by atoms with E-state index in [0.717, 1.165) is 38.9 Å². The van der Waals surface area contributed by atoms with Crippen molar-refractivity contribution in [1.82, 2.24) is 4.90 Å². The van der Waals surface area contributed by atoms with Crippen molar-refractivity contribution in [2.75, 3.05) is 25.9 Å². The quantitative estimate of drug-likeness (QED) is 0.750. The maximum absolute atomic E-state index is 11.1. The Labute approximate surface area is 89.5 Å². The van der Waals surface area contributed by atoms with Crippen molar-refractivity contribution < 1.29 is 4.21 Å². The van der Waals surface area contributed by atoms with Crippen LogP contribution in [-0.4, -0.2) is 46.3 Å². The molecule has 0 aliphatic carbocycles. The van der Waals surface area contributed by atoms with Gasteiger partial charge in [-0.2, -0.15) is 0 Å².